The summed E-state index contributed by atoms with van der Waals surface area (Å²) >= 11 is 0. The van der Waals surface area contributed by atoms with Gasteiger partial charge < -0.3 is 14.6 Å². The van der Waals surface area contributed by atoms with Gasteiger partial charge in [-0.3, -0.25) is 0 Å². The maximum Gasteiger partial charge on any atom is 0.245 e. The van der Waals surface area contributed by atoms with E-state index in [1.54, 1.807) is 0 Å². The summed E-state index contributed by atoms with van der Waals surface area (Å²) in [4.78, 5) is 4.44. The topological polar surface area (TPSA) is 60.2 Å². The SMILES string of the molecule is c1cc(COC2CCCCC2)cc(NCc2nc(C3CC3)no2)c1. The van der Waals surface area contributed by atoms with E-state index >= 15 is 0 Å². The predicted molar refractivity (Wildman–Crippen MR) is 91.7 cm³/mol. The van der Waals surface area contributed by atoms with Crippen LogP contribution in [0.2, 0.25) is 0 Å². The minimum Gasteiger partial charge on any atom is -0.376 e. The molecule has 0 unspecified atom stereocenters. The van der Waals surface area contributed by atoms with Crippen molar-refractivity contribution in [3.8, 4) is 0 Å². The number of anilines is 1. The minimum atomic E-state index is 0.439. The van der Waals surface area contributed by atoms with E-state index in [-0.39, 0.29) is 0 Å². The van der Waals surface area contributed by atoms with E-state index in [1.165, 1.54) is 50.5 Å². The zero-order valence-corrected chi connectivity index (χ0v) is 14.0. The van der Waals surface area contributed by atoms with E-state index in [2.05, 4.69) is 39.7 Å². The van der Waals surface area contributed by atoms with Crippen molar-refractivity contribution in [2.45, 2.75) is 70.1 Å². The van der Waals surface area contributed by atoms with Crippen LogP contribution < -0.4 is 5.32 Å². The van der Waals surface area contributed by atoms with E-state index in [1.807, 2.05) is 0 Å². The third-order valence-corrected chi connectivity index (χ3v) is 4.83. The van der Waals surface area contributed by atoms with Gasteiger partial charge in [0.05, 0.1) is 19.3 Å². The van der Waals surface area contributed by atoms with Crippen molar-refractivity contribution in [2.75, 3.05) is 5.32 Å². The molecule has 0 bridgehead atoms. The second-order valence-electron chi connectivity index (χ2n) is 6.95. The Morgan fingerprint density at radius 1 is 1.12 bits per heavy atom. The Bertz CT molecular complexity index is 660. The highest BCUT2D eigenvalue weighted by molar-refractivity contribution is 5.45. The molecule has 1 heterocycles. The molecule has 2 aliphatic carbocycles. The summed E-state index contributed by atoms with van der Waals surface area (Å²) in [5.74, 6) is 2.05. The number of rotatable bonds is 7. The quantitative estimate of drug-likeness (QED) is 0.816. The van der Waals surface area contributed by atoms with Gasteiger partial charge in [-0.25, -0.2) is 0 Å². The average molecular weight is 327 g/mol. The van der Waals surface area contributed by atoms with E-state index in [9.17, 15) is 0 Å². The molecule has 5 nitrogen and oxygen atoms in total. The van der Waals surface area contributed by atoms with E-state index in [0.29, 0.717) is 31.1 Å². The lowest BCUT2D eigenvalue weighted by molar-refractivity contribution is 0.0169. The van der Waals surface area contributed by atoms with Gasteiger partial charge in [-0.1, -0.05) is 36.6 Å². The number of ether oxygens (including phenoxy) is 1. The Kier molecular flexibility index (Phi) is 4.78. The minimum absolute atomic E-state index is 0.439. The van der Waals surface area contributed by atoms with Crippen molar-refractivity contribution >= 4 is 5.69 Å². The zero-order valence-electron chi connectivity index (χ0n) is 14.0. The summed E-state index contributed by atoms with van der Waals surface area (Å²) in [5.41, 5.74) is 2.26. The molecule has 2 aliphatic rings. The first kappa shape index (κ1) is 15.6. The molecule has 2 saturated carbocycles. The van der Waals surface area contributed by atoms with Crippen molar-refractivity contribution in [3.05, 3.63) is 41.5 Å². The first-order valence-corrected chi connectivity index (χ1v) is 9.14. The smallest absolute Gasteiger partial charge is 0.245 e. The molecular formula is C19H25N3O2. The highest BCUT2D eigenvalue weighted by Gasteiger charge is 2.28. The van der Waals surface area contributed by atoms with Crippen LogP contribution in [0.1, 0.15) is 68.1 Å². The maximum absolute atomic E-state index is 6.05. The highest BCUT2D eigenvalue weighted by Crippen LogP contribution is 2.38. The molecule has 1 aromatic heterocycles. The first-order valence-electron chi connectivity index (χ1n) is 9.14. The molecule has 0 saturated heterocycles. The second kappa shape index (κ2) is 7.34. The normalized spacial score (nSPS) is 18.7. The molecule has 0 amide bonds. The molecule has 24 heavy (non-hydrogen) atoms. The van der Waals surface area contributed by atoms with Crippen LogP contribution in [-0.4, -0.2) is 16.2 Å². The molecule has 4 rings (SSSR count). The van der Waals surface area contributed by atoms with Crippen molar-refractivity contribution < 1.29 is 9.26 Å². The summed E-state index contributed by atoms with van der Waals surface area (Å²) < 4.78 is 11.4. The van der Waals surface area contributed by atoms with E-state index < -0.39 is 0 Å². The Balaban J connectivity index is 1.28. The van der Waals surface area contributed by atoms with Crippen LogP contribution in [0.5, 0.6) is 0 Å². The molecule has 2 aromatic rings. The van der Waals surface area contributed by atoms with Crippen LogP contribution in [0.25, 0.3) is 0 Å². The lowest BCUT2D eigenvalue weighted by Crippen LogP contribution is -2.16. The molecular weight excluding hydrogens is 302 g/mol. The van der Waals surface area contributed by atoms with E-state index in [4.69, 9.17) is 9.26 Å². The lowest BCUT2D eigenvalue weighted by atomic mass is 9.98. The molecule has 0 aliphatic heterocycles. The molecule has 2 fully saturated rings. The highest BCUT2D eigenvalue weighted by atomic mass is 16.5. The summed E-state index contributed by atoms with van der Waals surface area (Å²) in [7, 11) is 0. The van der Waals surface area contributed by atoms with Crippen LogP contribution in [0.4, 0.5) is 5.69 Å². The third kappa shape index (κ3) is 4.15. The Morgan fingerprint density at radius 3 is 2.83 bits per heavy atom. The number of aromatic nitrogens is 2. The zero-order chi connectivity index (χ0) is 16.2. The first-order chi connectivity index (χ1) is 11.9. The number of nitrogens with one attached hydrogen (secondary N) is 1. The summed E-state index contributed by atoms with van der Waals surface area (Å²) in [6, 6.07) is 8.38. The van der Waals surface area contributed by atoms with Crippen LogP contribution in [0.15, 0.2) is 28.8 Å². The van der Waals surface area contributed by atoms with Crippen LogP contribution in [0.3, 0.4) is 0 Å². The molecule has 128 valence electrons. The van der Waals surface area contributed by atoms with Gasteiger partial charge in [-0.05, 0) is 43.4 Å². The Hall–Kier alpha value is -1.88. The van der Waals surface area contributed by atoms with Crippen molar-refractivity contribution in [2.24, 2.45) is 0 Å². The van der Waals surface area contributed by atoms with Crippen LogP contribution >= 0.6 is 0 Å². The summed E-state index contributed by atoms with van der Waals surface area (Å²) in [5, 5.41) is 7.40. The summed E-state index contributed by atoms with van der Waals surface area (Å²) in [6.45, 7) is 1.25. The van der Waals surface area contributed by atoms with Gasteiger partial charge in [0, 0.05) is 11.6 Å². The summed E-state index contributed by atoms with van der Waals surface area (Å²) in [6.07, 6.45) is 9.20. The van der Waals surface area contributed by atoms with Gasteiger partial charge in [-0.15, -0.1) is 0 Å². The predicted octanol–water partition coefficient (Wildman–Crippen LogP) is 4.41. The molecule has 0 atom stereocenters. The van der Waals surface area contributed by atoms with Gasteiger partial charge in [-0.2, -0.15) is 4.98 Å². The van der Waals surface area contributed by atoms with Gasteiger partial charge in [0.25, 0.3) is 0 Å². The standard InChI is InChI=1S/C19H25N3O2/c1-2-7-17(8-3-1)23-13-14-5-4-6-16(11-14)20-12-18-21-19(22-24-18)15-9-10-15/h4-6,11,15,17,20H,1-3,7-10,12-13H2. The van der Waals surface area contributed by atoms with Crippen molar-refractivity contribution in [1.82, 2.24) is 10.1 Å². The monoisotopic (exact) mass is 327 g/mol. The van der Waals surface area contributed by atoms with Gasteiger partial charge in [0.15, 0.2) is 5.82 Å². The van der Waals surface area contributed by atoms with Crippen LogP contribution in [-0.2, 0) is 17.9 Å². The molecule has 0 spiro atoms. The number of nitrogens with zero attached hydrogens (tertiary/aromatic N) is 2. The Morgan fingerprint density at radius 2 is 2.00 bits per heavy atom. The largest absolute Gasteiger partial charge is 0.376 e. The van der Waals surface area contributed by atoms with E-state index in [0.717, 1.165) is 11.5 Å². The fraction of sp³-hybridized carbons (Fsp3) is 0.579. The number of hydrogen-bond donors (Lipinski definition) is 1. The van der Waals surface area contributed by atoms with Crippen molar-refractivity contribution in [1.29, 1.82) is 0 Å². The third-order valence-electron chi connectivity index (χ3n) is 4.83. The molecule has 1 N–H and O–H groups in total. The maximum atomic E-state index is 6.05. The molecule has 5 heteroatoms. The fourth-order valence-corrected chi connectivity index (χ4v) is 3.24. The molecule has 0 radical (unpaired) electrons. The van der Waals surface area contributed by atoms with Gasteiger partial charge >= 0.3 is 0 Å². The number of benzene rings is 1. The molecule has 1 aromatic carbocycles. The lowest BCUT2D eigenvalue weighted by Gasteiger charge is -2.22. The van der Waals surface area contributed by atoms with Crippen LogP contribution in [0, 0.1) is 0 Å². The Labute approximate surface area is 142 Å². The van der Waals surface area contributed by atoms with Gasteiger partial charge in [0.2, 0.25) is 5.89 Å². The van der Waals surface area contributed by atoms with Crippen molar-refractivity contribution in [3.63, 3.8) is 0 Å². The average Bonchev–Trinajstić information content (AvgIpc) is 3.38. The number of hydrogen-bond acceptors (Lipinski definition) is 5. The fourth-order valence-electron chi connectivity index (χ4n) is 3.24. The second-order valence-corrected chi connectivity index (χ2v) is 6.95. The van der Waals surface area contributed by atoms with Gasteiger partial charge in [0.1, 0.15) is 0 Å².